The number of benzene rings is 7. The maximum absolute atomic E-state index is 6.68. The van der Waals surface area contributed by atoms with E-state index in [0.717, 1.165) is 16.6 Å². The van der Waals surface area contributed by atoms with E-state index in [1.165, 1.54) is 106 Å². The van der Waals surface area contributed by atoms with E-state index in [1.807, 2.05) is 22.7 Å². The van der Waals surface area contributed by atoms with Gasteiger partial charge in [-0.25, -0.2) is 0 Å². The molecule has 0 atom stereocenters. The summed E-state index contributed by atoms with van der Waals surface area (Å²) in [6.07, 6.45) is 5.35. The van der Waals surface area contributed by atoms with Crippen molar-refractivity contribution >= 4 is 76.2 Å². The van der Waals surface area contributed by atoms with Gasteiger partial charge in [0.1, 0.15) is 11.2 Å². The minimum atomic E-state index is 0.711. The Labute approximate surface area is 310 Å². The smallest absolute Gasteiger partial charge is 0.136 e. The fraction of sp³-hybridized carbons (Fsp3) is 0.102. The van der Waals surface area contributed by atoms with E-state index in [4.69, 9.17) is 4.42 Å². The first kappa shape index (κ1) is 30.2. The van der Waals surface area contributed by atoms with Crippen molar-refractivity contribution in [3.8, 4) is 43.1 Å². The topological polar surface area (TPSA) is 13.1 Å². The fourth-order valence-electron chi connectivity index (χ4n) is 8.87. The molecule has 1 aliphatic rings. The molecule has 1 nitrogen and oxygen atoms in total. The molecule has 1 fully saturated rings. The van der Waals surface area contributed by atoms with E-state index in [1.54, 1.807) is 4.88 Å². The maximum atomic E-state index is 6.68. The lowest BCUT2D eigenvalue weighted by atomic mass is 9.85. The van der Waals surface area contributed by atoms with Crippen molar-refractivity contribution in [1.82, 2.24) is 0 Å². The third-order valence-corrected chi connectivity index (χ3v) is 13.7. The van der Waals surface area contributed by atoms with Crippen LogP contribution in [0, 0.1) is 0 Å². The summed E-state index contributed by atoms with van der Waals surface area (Å²) in [6.45, 7) is 0. The van der Waals surface area contributed by atoms with Crippen molar-refractivity contribution in [2.75, 3.05) is 0 Å². The molecule has 0 spiro atoms. The Kier molecular flexibility index (Phi) is 6.99. The molecular formula is C49H34OS2. The molecule has 0 bridgehead atoms. The van der Waals surface area contributed by atoms with Gasteiger partial charge >= 0.3 is 0 Å². The second-order valence-electron chi connectivity index (χ2n) is 14.2. The predicted octanol–water partition coefficient (Wildman–Crippen LogP) is 15.5. The number of furan rings is 1. The molecular weight excluding hydrogens is 669 g/mol. The lowest BCUT2D eigenvalue weighted by Gasteiger charge is -2.18. The van der Waals surface area contributed by atoms with E-state index < -0.39 is 0 Å². The molecule has 0 N–H and O–H groups in total. The van der Waals surface area contributed by atoms with Gasteiger partial charge in [0.2, 0.25) is 0 Å². The largest absolute Gasteiger partial charge is 0.456 e. The molecule has 1 saturated carbocycles. The number of thiophene rings is 2. The van der Waals surface area contributed by atoms with Crippen LogP contribution in [0.5, 0.6) is 0 Å². The fourth-order valence-corrected chi connectivity index (χ4v) is 11.2. The SMILES string of the molecule is c1ccc(-c2ccc(-c3cccc4oc5cc(-c6c7ccccc7c(-c7cccc8sc(C9CCCC9)cc78)c7ccccc67)ccc5c34)s2)cc1. The monoisotopic (exact) mass is 702 g/mol. The van der Waals surface area contributed by atoms with Crippen LogP contribution in [0.25, 0.3) is 96.7 Å². The van der Waals surface area contributed by atoms with Crippen molar-refractivity contribution in [3.05, 3.63) is 157 Å². The molecule has 3 heterocycles. The highest BCUT2D eigenvalue weighted by atomic mass is 32.1. The molecule has 0 unspecified atom stereocenters. The molecule has 0 aliphatic heterocycles. The summed E-state index contributed by atoms with van der Waals surface area (Å²) in [7, 11) is 0. The molecule has 0 saturated heterocycles. The first-order valence-corrected chi connectivity index (χ1v) is 20.0. The van der Waals surface area contributed by atoms with Crippen LogP contribution in [0.15, 0.2) is 156 Å². The molecule has 1 aliphatic carbocycles. The third-order valence-electron chi connectivity index (χ3n) is 11.3. The van der Waals surface area contributed by atoms with Crippen LogP contribution in [-0.2, 0) is 0 Å². The van der Waals surface area contributed by atoms with Crippen LogP contribution < -0.4 is 0 Å². The zero-order chi connectivity index (χ0) is 34.2. The average molecular weight is 703 g/mol. The summed E-state index contributed by atoms with van der Waals surface area (Å²) in [5.74, 6) is 0.711. The summed E-state index contributed by atoms with van der Waals surface area (Å²) in [5.41, 5.74) is 9.40. The van der Waals surface area contributed by atoms with Crippen LogP contribution in [0.4, 0.5) is 0 Å². The van der Waals surface area contributed by atoms with Gasteiger partial charge in [-0.2, -0.15) is 0 Å². The molecule has 3 heteroatoms. The van der Waals surface area contributed by atoms with Crippen LogP contribution in [0.1, 0.15) is 36.5 Å². The van der Waals surface area contributed by atoms with Crippen LogP contribution in [0.2, 0.25) is 0 Å². The van der Waals surface area contributed by atoms with Gasteiger partial charge in [0.15, 0.2) is 0 Å². The Bertz CT molecular complexity index is 2910. The van der Waals surface area contributed by atoms with E-state index >= 15 is 0 Å². The second-order valence-corrected chi connectivity index (χ2v) is 16.4. The highest BCUT2D eigenvalue weighted by Gasteiger charge is 2.23. The lowest BCUT2D eigenvalue weighted by molar-refractivity contribution is 0.669. The minimum Gasteiger partial charge on any atom is -0.456 e. The van der Waals surface area contributed by atoms with Gasteiger partial charge in [-0.15, -0.1) is 22.7 Å². The lowest BCUT2D eigenvalue weighted by Crippen LogP contribution is -1.91. The van der Waals surface area contributed by atoms with Gasteiger partial charge in [-0.3, -0.25) is 0 Å². The van der Waals surface area contributed by atoms with E-state index in [0.29, 0.717) is 5.92 Å². The second kappa shape index (κ2) is 12.1. The normalized spacial score (nSPS) is 13.8. The molecule has 10 aromatic rings. The van der Waals surface area contributed by atoms with Crippen LogP contribution in [0.3, 0.4) is 0 Å². The van der Waals surface area contributed by atoms with E-state index in [9.17, 15) is 0 Å². The van der Waals surface area contributed by atoms with Crippen molar-refractivity contribution in [3.63, 3.8) is 0 Å². The van der Waals surface area contributed by atoms with E-state index in [2.05, 4.69) is 152 Å². The van der Waals surface area contributed by atoms with Gasteiger partial charge in [0.25, 0.3) is 0 Å². The van der Waals surface area contributed by atoms with Crippen molar-refractivity contribution < 1.29 is 4.42 Å². The number of rotatable bonds is 5. The number of fused-ring (bicyclic) bond motifs is 6. The van der Waals surface area contributed by atoms with Gasteiger partial charge in [-0.05, 0) is 111 Å². The molecule has 248 valence electrons. The quantitative estimate of drug-likeness (QED) is 0.163. The van der Waals surface area contributed by atoms with Crippen molar-refractivity contribution in [2.24, 2.45) is 0 Å². The molecule has 7 aromatic carbocycles. The molecule has 3 aromatic heterocycles. The van der Waals surface area contributed by atoms with Crippen molar-refractivity contribution in [2.45, 2.75) is 31.6 Å². The highest BCUT2D eigenvalue weighted by molar-refractivity contribution is 7.19. The predicted molar refractivity (Wildman–Crippen MR) is 225 cm³/mol. The van der Waals surface area contributed by atoms with Crippen LogP contribution >= 0.6 is 22.7 Å². The summed E-state index contributed by atoms with van der Waals surface area (Å²) in [5, 5.41) is 8.82. The molecule has 11 rings (SSSR count). The Morgan fingerprint density at radius 1 is 0.442 bits per heavy atom. The summed E-state index contributed by atoms with van der Waals surface area (Å²) < 4.78 is 8.08. The first-order valence-electron chi connectivity index (χ1n) is 18.4. The van der Waals surface area contributed by atoms with E-state index in [-0.39, 0.29) is 0 Å². The van der Waals surface area contributed by atoms with Gasteiger partial charge in [0, 0.05) is 41.1 Å². The minimum absolute atomic E-state index is 0.711. The Morgan fingerprint density at radius 2 is 1.12 bits per heavy atom. The summed E-state index contributed by atoms with van der Waals surface area (Å²) >= 11 is 3.84. The number of hydrogen-bond acceptors (Lipinski definition) is 3. The van der Waals surface area contributed by atoms with Gasteiger partial charge in [-0.1, -0.05) is 122 Å². The Hall–Kier alpha value is -5.48. The molecule has 0 radical (unpaired) electrons. The first-order chi connectivity index (χ1) is 25.8. The van der Waals surface area contributed by atoms with Gasteiger partial charge < -0.3 is 4.42 Å². The average Bonchev–Trinajstić information content (AvgIpc) is 4.03. The Morgan fingerprint density at radius 3 is 1.88 bits per heavy atom. The molecule has 52 heavy (non-hydrogen) atoms. The summed E-state index contributed by atoms with van der Waals surface area (Å²) in [6, 6.07) is 55.9. The number of hydrogen-bond donors (Lipinski definition) is 0. The summed E-state index contributed by atoms with van der Waals surface area (Å²) in [4.78, 5) is 4.08. The van der Waals surface area contributed by atoms with Crippen molar-refractivity contribution in [1.29, 1.82) is 0 Å². The van der Waals surface area contributed by atoms with Gasteiger partial charge in [0.05, 0.1) is 0 Å². The van der Waals surface area contributed by atoms with Crippen LogP contribution in [-0.4, -0.2) is 0 Å². The zero-order valence-electron chi connectivity index (χ0n) is 28.6. The highest BCUT2D eigenvalue weighted by Crippen LogP contribution is 2.49. The Balaban J connectivity index is 1.10. The maximum Gasteiger partial charge on any atom is 0.136 e. The standard InChI is InChI=1S/C49H34OS2/c1-2-12-30(13-3-1)43-26-27-45(51-43)39-21-10-22-41-49(39)38-25-24-32(28-42(38)50-41)47-33-16-6-8-18-35(33)48(36-19-9-7-17-34(36)47)37-20-11-23-44-40(37)29-46(52-44)31-14-4-5-15-31/h1-3,6-13,16-29,31H,4-5,14-15H2. The molecule has 0 amide bonds. The zero-order valence-corrected chi connectivity index (χ0v) is 30.2. The third kappa shape index (κ3) is 4.73.